The Balaban J connectivity index is 1.77. The summed E-state index contributed by atoms with van der Waals surface area (Å²) in [5, 5.41) is 3.50. The number of nitrogens with one attached hydrogen (secondary N) is 1. The van der Waals surface area contributed by atoms with Gasteiger partial charge in [0, 0.05) is 17.8 Å². The Morgan fingerprint density at radius 1 is 1.00 bits per heavy atom. The summed E-state index contributed by atoms with van der Waals surface area (Å²) in [7, 11) is 0. The standard InChI is InChI=1S/C17H19NO2/c1-12-4-3-5-14(10-12)13(2)18-15-6-7-16-17(11-15)20-9-8-19-16/h3-7,10-11,13,18H,8-9H2,1-2H3. The van der Waals surface area contributed by atoms with Gasteiger partial charge in [-0.05, 0) is 31.5 Å². The van der Waals surface area contributed by atoms with Crippen LogP contribution in [0.25, 0.3) is 0 Å². The van der Waals surface area contributed by atoms with Gasteiger partial charge in [-0.1, -0.05) is 29.8 Å². The van der Waals surface area contributed by atoms with Gasteiger partial charge >= 0.3 is 0 Å². The minimum Gasteiger partial charge on any atom is -0.486 e. The summed E-state index contributed by atoms with van der Waals surface area (Å²) >= 11 is 0. The molecular weight excluding hydrogens is 250 g/mol. The predicted molar refractivity (Wildman–Crippen MR) is 80.6 cm³/mol. The maximum Gasteiger partial charge on any atom is 0.163 e. The van der Waals surface area contributed by atoms with Crippen LogP contribution in [0.5, 0.6) is 11.5 Å². The highest BCUT2D eigenvalue weighted by atomic mass is 16.6. The lowest BCUT2D eigenvalue weighted by Crippen LogP contribution is -2.15. The van der Waals surface area contributed by atoms with Crippen molar-refractivity contribution in [1.82, 2.24) is 0 Å². The molecule has 3 heteroatoms. The predicted octanol–water partition coefficient (Wildman–Crippen LogP) is 3.94. The average molecular weight is 269 g/mol. The highest BCUT2D eigenvalue weighted by molar-refractivity contribution is 5.56. The van der Waals surface area contributed by atoms with E-state index in [0.29, 0.717) is 13.2 Å². The van der Waals surface area contributed by atoms with Crippen molar-refractivity contribution in [3.05, 3.63) is 53.6 Å². The zero-order chi connectivity index (χ0) is 13.9. The van der Waals surface area contributed by atoms with Gasteiger partial charge in [-0.2, -0.15) is 0 Å². The van der Waals surface area contributed by atoms with Gasteiger partial charge in [-0.15, -0.1) is 0 Å². The van der Waals surface area contributed by atoms with E-state index in [4.69, 9.17) is 9.47 Å². The summed E-state index contributed by atoms with van der Waals surface area (Å²) in [6, 6.07) is 14.8. The lowest BCUT2D eigenvalue weighted by Gasteiger charge is -2.21. The van der Waals surface area contributed by atoms with Crippen molar-refractivity contribution in [3.63, 3.8) is 0 Å². The van der Waals surface area contributed by atoms with Crippen molar-refractivity contribution in [2.24, 2.45) is 0 Å². The van der Waals surface area contributed by atoms with Crippen molar-refractivity contribution < 1.29 is 9.47 Å². The molecule has 2 aromatic rings. The van der Waals surface area contributed by atoms with E-state index in [1.54, 1.807) is 0 Å². The molecule has 1 N–H and O–H groups in total. The Kier molecular flexibility index (Phi) is 3.50. The molecule has 3 rings (SSSR count). The van der Waals surface area contributed by atoms with Gasteiger partial charge in [0.1, 0.15) is 13.2 Å². The van der Waals surface area contributed by atoms with Crippen molar-refractivity contribution in [1.29, 1.82) is 0 Å². The Morgan fingerprint density at radius 2 is 1.80 bits per heavy atom. The molecule has 1 heterocycles. The van der Waals surface area contributed by atoms with Gasteiger partial charge in [0.05, 0.1) is 0 Å². The largest absolute Gasteiger partial charge is 0.486 e. The molecule has 0 amide bonds. The average Bonchev–Trinajstić information content (AvgIpc) is 2.47. The van der Waals surface area contributed by atoms with Crippen LogP contribution in [0.15, 0.2) is 42.5 Å². The molecule has 0 aliphatic carbocycles. The molecule has 0 spiro atoms. The summed E-state index contributed by atoms with van der Waals surface area (Å²) in [5.74, 6) is 1.64. The van der Waals surface area contributed by atoms with Crippen LogP contribution in [-0.4, -0.2) is 13.2 Å². The molecule has 0 bridgehead atoms. The maximum atomic E-state index is 5.61. The van der Waals surface area contributed by atoms with Crippen molar-refractivity contribution in [2.45, 2.75) is 19.9 Å². The number of hydrogen-bond acceptors (Lipinski definition) is 3. The van der Waals surface area contributed by atoms with Gasteiger partial charge < -0.3 is 14.8 Å². The number of hydrogen-bond donors (Lipinski definition) is 1. The molecular formula is C17H19NO2. The molecule has 2 aromatic carbocycles. The lowest BCUT2D eigenvalue weighted by molar-refractivity contribution is 0.171. The fourth-order valence-corrected chi connectivity index (χ4v) is 2.41. The SMILES string of the molecule is Cc1cccc(C(C)Nc2ccc3c(c2)OCCO3)c1. The van der Waals surface area contributed by atoms with Gasteiger partial charge in [0.2, 0.25) is 0 Å². The Hall–Kier alpha value is -2.16. The second kappa shape index (κ2) is 5.45. The first-order valence-corrected chi connectivity index (χ1v) is 6.95. The minimum absolute atomic E-state index is 0.248. The second-order valence-corrected chi connectivity index (χ2v) is 5.14. The zero-order valence-electron chi connectivity index (χ0n) is 11.8. The Morgan fingerprint density at radius 3 is 2.60 bits per heavy atom. The van der Waals surface area contributed by atoms with E-state index in [2.05, 4.69) is 43.4 Å². The first kappa shape index (κ1) is 12.9. The van der Waals surface area contributed by atoms with Crippen LogP contribution >= 0.6 is 0 Å². The van der Waals surface area contributed by atoms with Crippen LogP contribution in [0, 0.1) is 6.92 Å². The van der Waals surface area contributed by atoms with Crippen LogP contribution < -0.4 is 14.8 Å². The number of ether oxygens (including phenoxy) is 2. The number of benzene rings is 2. The number of anilines is 1. The molecule has 0 saturated heterocycles. The van der Waals surface area contributed by atoms with Crippen molar-refractivity contribution in [2.75, 3.05) is 18.5 Å². The topological polar surface area (TPSA) is 30.5 Å². The molecule has 1 aliphatic rings. The molecule has 104 valence electrons. The van der Waals surface area contributed by atoms with E-state index >= 15 is 0 Å². The van der Waals surface area contributed by atoms with E-state index in [0.717, 1.165) is 17.2 Å². The first-order chi connectivity index (χ1) is 9.72. The fourth-order valence-electron chi connectivity index (χ4n) is 2.41. The minimum atomic E-state index is 0.248. The van der Waals surface area contributed by atoms with E-state index in [-0.39, 0.29) is 6.04 Å². The third-order valence-corrected chi connectivity index (χ3v) is 3.47. The second-order valence-electron chi connectivity index (χ2n) is 5.14. The summed E-state index contributed by atoms with van der Waals surface area (Å²) in [6.07, 6.45) is 0. The quantitative estimate of drug-likeness (QED) is 0.915. The molecule has 20 heavy (non-hydrogen) atoms. The number of aryl methyl sites for hydroxylation is 1. The van der Waals surface area contributed by atoms with Crippen molar-refractivity contribution >= 4 is 5.69 Å². The van der Waals surface area contributed by atoms with Gasteiger partial charge in [-0.25, -0.2) is 0 Å². The van der Waals surface area contributed by atoms with Crippen molar-refractivity contribution in [3.8, 4) is 11.5 Å². The lowest BCUT2D eigenvalue weighted by atomic mass is 10.1. The van der Waals surface area contributed by atoms with E-state index in [1.807, 2.05) is 18.2 Å². The molecule has 1 unspecified atom stereocenters. The molecule has 0 aromatic heterocycles. The summed E-state index contributed by atoms with van der Waals surface area (Å²) < 4.78 is 11.1. The molecule has 3 nitrogen and oxygen atoms in total. The fraction of sp³-hybridized carbons (Fsp3) is 0.294. The monoisotopic (exact) mass is 269 g/mol. The van der Waals surface area contributed by atoms with Gasteiger partial charge in [-0.3, -0.25) is 0 Å². The first-order valence-electron chi connectivity index (χ1n) is 6.95. The van der Waals surface area contributed by atoms with Crippen LogP contribution in [0.4, 0.5) is 5.69 Å². The van der Waals surface area contributed by atoms with Crippen LogP contribution in [0.1, 0.15) is 24.1 Å². The molecule has 0 radical (unpaired) electrons. The number of rotatable bonds is 3. The van der Waals surface area contributed by atoms with Crippen LogP contribution in [-0.2, 0) is 0 Å². The smallest absolute Gasteiger partial charge is 0.163 e. The summed E-state index contributed by atoms with van der Waals surface area (Å²) in [6.45, 7) is 5.51. The van der Waals surface area contributed by atoms with E-state index in [1.165, 1.54) is 11.1 Å². The van der Waals surface area contributed by atoms with Gasteiger partial charge in [0.25, 0.3) is 0 Å². The van der Waals surface area contributed by atoms with E-state index < -0.39 is 0 Å². The Bertz CT molecular complexity index is 610. The van der Waals surface area contributed by atoms with E-state index in [9.17, 15) is 0 Å². The van der Waals surface area contributed by atoms with Crippen LogP contribution in [0.3, 0.4) is 0 Å². The van der Waals surface area contributed by atoms with Gasteiger partial charge in [0.15, 0.2) is 11.5 Å². The molecule has 0 fully saturated rings. The molecule has 0 saturated carbocycles. The highest BCUT2D eigenvalue weighted by Gasteiger charge is 2.13. The summed E-state index contributed by atoms with van der Waals surface area (Å²) in [4.78, 5) is 0. The van der Waals surface area contributed by atoms with Crippen LogP contribution in [0.2, 0.25) is 0 Å². The normalized spacial score (nSPS) is 14.7. The Labute approximate surface area is 119 Å². The molecule has 1 aliphatic heterocycles. The third-order valence-electron chi connectivity index (χ3n) is 3.47. The summed E-state index contributed by atoms with van der Waals surface area (Å²) in [5.41, 5.74) is 3.60. The third kappa shape index (κ3) is 2.72. The molecule has 1 atom stereocenters. The number of fused-ring (bicyclic) bond motifs is 1. The maximum absolute atomic E-state index is 5.61. The highest BCUT2D eigenvalue weighted by Crippen LogP contribution is 2.33. The zero-order valence-corrected chi connectivity index (χ0v) is 11.8.